The molecular weight excluding hydrogens is 220 g/mol. The third-order valence-corrected chi connectivity index (χ3v) is 3.62. The Morgan fingerprint density at radius 2 is 2.06 bits per heavy atom. The molecule has 1 unspecified atom stereocenters. The highest BCUT2D eigenvalue weighted by molar-refractivity contribution is 7.15. The van der Waals surface area contributed by atoms with Crippen LogP contribution in [0.1, 0.15) is 29.4 Å². The van der Waals surface area contributed by atoms with Gasteiger partial charge in [0, 0.05) is 17.1 Å². The standard InChI is InChI=1S/C11H14N4S/c1-6(12)10-7(2)14-11(16-10)9-4-5-13-8(3)15-9/h4-6H,12H2,1-3H3. The van der Waals surface area contributed by atoms with Crippen LogP contribution < -0.4 is 5.73 Å². The van der Waals surface area contributed by atoms with Crippen LogP contribution in [0.4, 0.5) is 0 Å². The van der Waals surface area contributed by atoms with Crippen molar-refractivity contribution >= 4 is 11.3 Å². The lowest BCUT2D eigenvalue weighted by molar-refractivity contribution is 0.825. The molecular formula is C11H14N4S. The summed E-state index contributed by atoms with van der Waals surface area (Å²) in [5.41, 5.74) is 7.73. The van der Waals surface area contributed by atoms with Gasteiger partial charge in [0.05, 0.1) is 5.69 Å². The number of hydrogen-bond acceptors (Lipinski definition) is 5. The van der Waals surface area contributed by atoms with Gasteiger partial charge >= 0.3 is 0 Å². The number of thiazole rings is 1. The van der Waals surface area contributed by atoms with Gasteiger partial charge in [-0.2, -0.15) is 0 Å². The summed E-state index contributed by atoms with van der Waals surface area (Å²) in [5, 5.41) is 0.912. The first-order chi connectivity index (χ1) is 7.58. The van der Waals surface area contributed by atoms with Crippen molar-refractivity contribution in [2.75, 3.05) is 0 Å². The molecule has 4 nitrogen and oxygen atoms in total. The number of nitrogens with zero attached hydrogens (tertiary/aromatic N) is 3. The van der Waals surface area contributed by atoms with E-state index in [0.717, 1.165) is 27.1 Å². The number of rotatable bonds is 2. The topological polar surface area (TPSA) is 64.7 Å². The summed E-state index contributed by atoms with van der Waals surface area (Å²) in [6, 6.07) is 1.89. The molecule has 0 aliphatic heterocycles. The maximum Gasteiger partial charge on any atom is 0.142 e. The summed E-state index contributed by atoms with van der Waals surface area (Å²) in [7, 11) is 0. The van der Waals surface area contributed by atoms with Gasteiger partial charge in [-0.3, -0.25) is 0 Å². The molecule has 0 spiro atoms. The highest BCUT2D eigenvalue weighted by Gasteiger charge is 2.13. The second-order valence-electron chi connectivity index (χ2n) is 3.75. The molecule has 2 N–H and O–H groups in total. The van der Waals surface area contributed by atoms with Crippen LogP contribution in [0, 0.1) is 13.8 Å². The van der Waals surface area contributed by atoms with Crippen LogP contribution >= 0.6 is 11.3 Å². The molecule has 84 valence electrons. The fraction of sp³-hybridized carbons (Fsp3) is 0.364. The van der Waals surface area contributed by atoms with E-state index in [0.29, 0.717) is 0 Å². The third kappa shape index (κ3) is 2.10. The van der Waals surface area contributed by atoms with Crippen LogP contribution in [0.25, 0.3) is 10.7 Å². The molecule has 0 aliphatic carbocycles. The molecule has 5 heteroatoms. The Morgan fingerprint density at radius 1 is 1.31 bits per heavy atom. The van der Waals surface area contributed by atoms with Gasteiger partial charge in [0.15, 0.2) is 0 Å². The zero-order valence-electron chi connectivity index (χ0n) is 9.56. The van der Waals surface area contributed by atoms with E-state index in [9.17, 15) is 0 Å². The normalized spacial score (nSPS) is 12.8. The van der Waals surface area contributed by atoms with Crippen LogP contribution in [0.2, 0.25) is 0 Å². The third-order valence-electron chi connectivity index (χ3n) is 2.24. The maximum atomic E-state index is 5.87. The molecule has 2 heterocycles. The zero-order chi connectivity index (χ0) is 11.7. The SMILES string of the molecule is Cc1nccc(-c2nc(C)c(C(C)N)s2)n1. The zero-order valence-corrected chi connectivity index (χ0v) is 10.4. The summed E-state index contributed by atoms with van der Waals surface area (Å²) >= 11 is 1.60. The van der Waals surface area contributed by atoms with E-state index in [2.05, 4.69) is 15.0 Å². The fourth-order valence-electron chi connectivity index (χ4n) is 1.52. The summed E-state index contributed by atoms with van der Waals surface area (Å²) in [4.78, 5) is 14.0. The van der Waals surface area contributed by atoms with Gasteiger partial charge in [-0.15, -0.1) is 11.3 Å². The van der Waals surface area contributed by atoms with Crippen LogP contribution in [-0.4, -0.2) is 15.0 Å². The molecule has 0 saturated heterocycles. The molecule has 0 bridgehead atoms. The molecule has 0 aliphatic rings. The Kier molecular flexibility index (Phi) is 2.98. The maximum absolute atomic E-state index is 5.87. The van der Waals surface area contributed by atoms with Crippen LogP contribution in [0.5, 0.6) is 0 Å². The lowest BCUT2D eigenvalue weighted by Gasteiger charge is -1.99. The predicted molar refractivity (Wildman–Crippen MR) is 65.2 cm³/mol. The number of nitrogens with two attached hydrogens (primary N) is 1. The molecule has 0 saturated carbocycles. The van der Waals surface area contributed by atoms with E-state index >= 15 is 0 Å². The van der Waals surface area contributed by atoms with Gasteiger partial charge in [0.1, 0.15) is 16.5 Å². The molecule has 0 radical (unpaired) electrons. The Morgan fingerprint density at radius 3 is 2.62 bits per heavy atom. The Bertz CT molecular complexity index is 504. The quantitative estimate of drug-likeness (QED) is 0.865. The smallest absolute Gasteiger partial charge is 0.142 e. The largest absolute Gasteiger partial charge is 0.323 e. The van der Waals surface area contributed by atoms with E-state index in [4.69, 9.17) is 5.73 Å². The molecule has 2 aromatic rings. The molecule has 2 rings (SSSR count). The molecule has 16 heavy (non-hydrogen) atoms. The number of aryl methyl sites for hydroxylation is 2. The summed E-state index contributed by atoms with van der Waals surface area (Å²) in [6.45, 7) is 5.82. The minimum atomic E-state index is 0.0224. The van der Waals surface area contributed by atoms with Crippen LogP contribution in [0.3, 0.4) is 0 Å². The van der Waals surface area contributed by atoms with Crippen molar-refractivity contribution in [1.29, 1.82) is 0 Å². The van der Waals surface area contributed by atoms with E-state index in [1.807, 2.05) is 26.8 Å². The fourth-order valence-corrected chi connectivity index (χ4v) is 2.50. The molecule has 1 atom stereocenters. The van der Waals surface area contributed by atoms with Gasteiger partial charge in [-0.05, 0) is 26.8 Å². The summed E-state index contributed by atoms with van der Waals surface area (Å²) in [5.74, 6) is 0.757. The summed E-state index contributed by atoms with van der Waals surface area (Å²) in [6.07, 6.45) is 1.75. The van der Waals surface area contributed by atoms with Crippen molar-refractivity contribution in [3.8, 4) is 10.7 Å². The lowest BCUT2D eigenvalue weighted by Crippen LogP contribution is -2.03. The second kappa shape index (κ2) is 4.27. The van der Waals surface area contributed by atoms with Crippen molar-refractivity contribution in [2.24, 2.45) is 5.73 Å². The second-order valence-corrected chi connectivity index (χ2v) is 4.78. The Balaban J connectivity index is 2.45. The van der Waals surface area contributed by atoms with Crippen molar-refractivity contribution in [1.82, 2.24) is 15.0 Å². The van der Waals surface area contributed by atoms with Gasteiger partial charge in [-0.1, -0.05) is 0 Å². The predicted octanol–water partition coefficient (Wildman–Crippen LogP) is 2.24. The number of aromatic nitrogens is 3. The monoisotopic (exact) mass is 234 g/mol. The van der Waals surface area contributed by atoms with E-state index in [1.165, 1.54) is 0 Å². The summed E-state index contributed by atoms with van der Waals surface area (Å²) < 4.78 is 0. The lowest BCUT2D eigenvalue weighted by atomic mass is 10.2. The molecule has 0 fully saturated rings. The number of hydrogen-bond donors (Lipinski definition) is 1. The van der Waals surface area contributed by atoms with Crippen molar-refractivity contribution in [2.45, 2.75) is 26.8 Å². The van der Waals surface area contributed by atoms with E-state index in [-0.39, 0.29) is 6.04 Å². The highest BCUT2D eigenvalue weighted by Crippen LogP contribution is 2.29. The van der Waals surface area contributed by atoms with Gasteiger partial charge in [-0.25, -0.2) is 15.0 Å². The highest BCUT2D eigenvalue weighted by atomic mass is 32.1. The van der Waals surface area contributed by atoms with Crippen molar-refractivity contribution in [3.05, 3.63) is 28.7 Å². The molecule has 0 aromatic carbocycles. The minimum absolute atomic E-state index is 0.0224. The first kappa shape index (κ1) is 11.2. The van der Waals surface area contributed by atoms with Crippen LogP contribution in [-0.2, 0) is 0 Å². The van der Waals surface area contributed by atoms with Gasteiger partial charge in [0.25, 0.3) is 0 Å². The van der Waals surface area contributed by atoms with E-state index in [1.54, 1.807) is 17.5 Å². The van der Waals surface area contributed by atoms with Crippen molar-refractivity contribution < 1.29 is 0 Å². The average Bonchev–Trinajstić information content (AvgIpc) is 2.60. The molecule has 2 aromatic heterocycles. The van der Waals surface area contributed by atoms with Crippen molar-refractivity contribution in [3.63, 3.8) is 0 Å². The van der Waals surface area contributed by atoms with Gasteiger partial charge < -0.3 is 5.73 Å². The van der Waals surface area contributed by atoms with Gasteiger partial charge in [0.2, 0.25) is 0 Å². The Labute approximate surface area is 98.6 Å². The average molecular weight is 234 g/mol. The minimum Gasteiger partial charge on any atom is -0.323 e. The van der Waals surface area contributed by atoms with Crippen LogP contribution in [0.15, 0.2) is 12.3 Å². The first-order valence-corrected chi connectivity index (χ1v) is 5.92. The Hall–Kier alpha value is -1.33. The van der Waals surface area contributed by atoms with E-state index < -0.39 is 0 Å². The first-order valence-electron chi connectivity index (χ1n) is 5.11. The molecule has 0 amide bonds.